The monoisotopic (exact) mass is 427 g/mol. The summed E-state index contributed by atoms with van der Waals surface area (Å²) in [5.41, 5.74) is 3.11. The zero-order valence-corrected chi connectivity index (χ0v) is 17.9. The second-order valence-electron chi connectivity index (χ2n) is 6.50. The van der Waals surface area contributed by atoms with Gasteiger partial charge in [-0.1, -0.05) is 6.07 Å². The van der Waals surface area contributed by atoms with Gasteiger partial charge in [0.2, 0.25) is 0 Å². The summed E-state index contributed by atoms with van der Waals surface area (Å²) in [7, 11) is 3.77. The van der Waals surface area contributed by atoms with Gasteiger partial charge in [-0.2, -0.15) is 5.10 Å². The van der Waals surface area contributed by atoms with Crippen molar-refractivity contribution in [1.29, 1.82) is 0 Å². The van der Waals surface area contributed by atoms with E-state index in [9.17, 15) is 4.79 Å². The lowest BCUT2D eigenvalue weighted by Crippen LogP contribution is -2.38. The molecule has 1 aliphatic heterocycles. The number of hydrogen-bond acceptors (Lipinski definition) is 5. The van der Waals surface area contributed by atoms with E-state index in [2.05, 4.69) is 10.4 Å². The number of halogens is 2. The Morgan fingerprint density at radius 2 is 2.19 bits per heavy atom. The number of aryl methyl sites for hydroxylation is 2. The van der Waals surface area contributed by atoms with Gasteiger partial charge in [0.05, 0.1) is 27.2 Å². The summed E-state index contributed by atoms with van der Waals surface area (Å²) in [5.74, 6) is 0.0370. The van der Waals surface area contributed by atoms with Gasteiger partial charge in [-0.25, -0.2) is 4.98 Å². The first kappa shape index (κ1) is 21.6. The predicted molar refractivity (Wildman–Crippen MR) is 114 cm³/mol. The summed E-state index contributed by atoms with van der Waals surface area (Å²) in [4.78, 5) is 20.9. The summed E-state index contributed by atoms with van der Waals surface area (Å²) in [5, 5.41) is 10.7. The molecule has 0 saturated carbocycles. The van der Waals surface area contributed by atoms with E-state index >= 15 is 0 Å². The van der Waals surface area contributed by atoms with Crippen molar-refractivity contribution < 1.29 is 4.79 Å². The normalized spacial score (nSPS) is 16.0. The highest BCUT2D eigenvalue weighted by molar-refractivity contribution is 7.13. The van der Waals surface area contributed by atoms with Crippen molar-refractivity contribution in [3.63, 3.8) is 0 Å². The fourth-order valence-corrected chi connectivity index (χ4v) is 4.18. The van der Waals surface area contributed by atoms with Crippen molar-refractivity contribution in [3.8, 4) is 10.6 Å². The van der Waals surface area contributed by atoms with Crippen molar-refractivity contribution in [2.45, 2.75) is 19.4 Å². The topological polar surface area (TPSA) is 63.1 Å². The highest BCUT2D eigenvalue weighted by atomic mass is 35.5. The Balaban J connectivity index is 0.00000131. The smallest absolute Gasteiger partial charge is 0.254 e. The van der Waals surface area contributed by atoms with Crippen LogP contribution in [-0.4, -0.2) is 51.8 Å². The third-order valence-corrected chi connectivity index (χ3v) is 5.77. The third kappa shape index (κ3) is 3.82. The van der Waals surface area contributed by atoms with Crippen molar-refractivity contribution in [3.05, 3.63) is 34.8 Å². The predicted octanol–water partition coefficient (Wildman–Crippen LogP) is 3.28. The molecule has 1 N–H and O–H groups in total. The Hall–Kier alpha value is -1.67. The molecule has 1 amide bonds. The van der Waals surface area contributed by atoms with Crippen LogP contribution in [0.3, 0.4) is 0 Å². The molecule has 3 aromatic rings. The maximum atomic E-state index is 13.3. The molecule has 146 valence electrons. The van der Waals surface area contributed by atoms with Crippen LogP contribution in [0.15, 0.2) is 23.6 Å². The Morgan fingerprint density at radius 3 is 2.81 bits per heavy atom. The summed E-state index contributed by atoms with van der Waals surface area (Å²) >= 11 is 1.62. The number of pyridine rings is 1. The molecule has 27 heavy (non-hydrogen) atoms. The molecule has 9 heteroatoms. The van der Waals surface area contributed by atoms with Crippen LogP contribution in [0, 0.1) is 6.92 Å². The molecule has 1 atom stereocenters. The molecule has 0 bridgehead atoms. The van der Waals surface area contributed by atoms with Gasteiger partial charge in [-0.3, -0.25) is 9.48 Å². The van der Waals surface area contributed by atoms with Gasteiger partial charge in [0.15, 0.2) is 5.65 Å². The number of carbonyl (C=O) groups is 1. The van der Waals surface area contributed by atoms with Crippen LogP contribution in [0.5, 0.6) is 0 Å². The lowest BCUT2D eigenvalue weighted by molar-refractivity contribution is 0.0745. The average Bonchev–Trinajstić information content (AvgIpc) is 3.35. The molecule has 1 aliphatic rings. The van der Waals surface area contributed by atoms with Crippen LogP contribution in [0.1, 0.15) is 22.5 Å². The lowest BCUT2D eigenvalue weighted by atomic mass is 10.1. The first-order valence-corrected chi connectivity index (χ1v) is 9.30. The molecular weight excluding hydrogens is 405 g/mol. The number of thiophene rings is 1. The molecular formula is C18H23Cl2N5OS. The van der Waals surface area contributed by atoms with Crippen LogP contribution in [0.25, 0.3) is 21.6 Å². The molecule has 4 rings (SSSR count). The second kappa shape index (κ2) is 8.56. The van der Waals surface area contributed by atoms with Crippen LogP contribution in [-0.2, 0) is 7.05 Å². The van der Waals surface area contributed by atoms with E-state index in [1.165, 1.54) is 0 Å². The van der Waals surface area contributed by atoms with E-state index in [0.29, 0.717) is 5.56 Å². The van der Waals surface area contributed by atoms with Crippen molar-refractivity contribution in [2.24, 2.45) is 7.05 Å². The molecule has 0 radical (unpaired) electrons. The van der Waals surface area contributed by atoms with Gasteiger partial charge in [0.1, 0.15) is 0 Å². The van der Waals surface area contributed by atoms with Gasteiger partial charge in [-0.05, 0) is 37.4 Å². The molecule has 1 unspecified atom stereocenters. The number of likely N-dealkylation sites (N-methyl/N-ethyl adjacent to an activating group) is 1. The van der Waals surface area contributed by atoms with E-state index in [4.69, 9.17) is 4.98 Å². The van der Waals surface area contributed by atoms with Crippen LogP contribution >= 0.6 is 36.2 Å². The number of fused-ring (bicyclic) bond motifs is 1. The van der Waals surface area contributed by atoms with E-state index in [0.717, 1.165) is 46.8 Å². The molecule has 0 aromatic carbocycles. The van der Waals surface area contributed by atoms with Crippen LogP contribution < -0.4 is 5.32 Å². The second-order valence-corrected chi connectivity index (χ2v) is 7.45. The average molecular weight is 428 g/mol. The van der Waals surface area contributed by atoms with E-state index < -0.39 is 0 Å². The standard InChI is InChI=1S/C18H21N5OS.2ClH/c1-11-16-13(18(24)22(2)12-6-7-19-10-12)9-14(15-5-4-8-25-15)20-17(16)23(3)21-11;;/h4-5,8-9,12,19H,6-7,10H2,1-3H3;2*1H. The third-order valence-electron chi connectivity index (χ3n) is 4.88. The molecule has 0 aliphatic carbocycles. The molecule has 0 spiro atoms. The van der Waals surface area contributed by atoms with E-state index in [1.807, 2.05) is 49.5 Å². The summed E-state index contributed by atoms with van der Waals surface area (Å²) in [6.07, 6.45) is 0.986. The van der Waals surface area contributed by atoms with E-state index in [1.54, 1.807) is 16.0 Å². The molecule has 6 nitrogen and oxygen atoms in total. The first-order valence-electron chi connectivity index (χ1n) is 8.42. The number of hydrogen-bond donors (Lipinski definition) is 1. The Bertz CT molecular complexity index is 935. The molecule has 1 saturated heterocycles. The SMILES string of the molecule is Cc1nn(C)c2nc(-c3cccs3)cc(C(=O)N(C)C3CCNC3)c12.Cl.Cl. The molecule has 4 heterocycles. The minimum atomic E-state index is 0. The van der Waals surface area contributed by atoms with Gasteiger partial charge >= 0.3 is 0 Å². The highest BCUT2D eigenvalue weighted by Crippen LogP contribution is 2.30. The van der Waals surface area contributed by atoms with Crippen LogP contribution in [0.4, 0.5) is 0 Å². The van der Waals surface area contributed by atoms with E-state index in [-0.39, 0.29) is 36.8 Å². The quantitative estimate of drug-likeness (QED) is 0.696. The Kier molecular flexibility index (Phi) is 6.86. The maximum Gasteiger partial charge on any atom is 0.254 e. The van der Waals surface area contributed by atoms with Gasteiger partial charge in [0, 0.05) is 26.7 Å². The summed E-state index contributed by atoms with van der Waals surface area (Å²) < 4.78 is 1.76. The fourth-order valence-electron chi connectivity index (χ4n) is 3.49. The number of nitrogens with zero attached hydrogens (tertiary/aromatic N) is 4. The van der Waals surface area contributed by atoms with Gasteiger partial charge in [0.25, 0.3) is 5.91 Å². The van der Waals surface area contributed by atoms with Gasteiger partial charge in [-0.15, -0.1) is 36.2 Å². The number of nitrogens with one attached hydrogen (secondary N) is 1. The fraction of sp³-hybridized carbons (Fsp3) is 0.389. The summed E-state index contributed by atoms with van der Waals surface area (Å²) in [6, 6.07) is 6.18. The van der Waals surface area contributed by atoms with Crippen molar-refractivity contribution in [2.75, 3.05) is 20.1 Å². The number of aromatic nitrogens is 3. The van der Waals surface area contributed by atoms with Gasteiger partial charge < -0.3 is 10.2 Å². The first-order chi connectivity index (χ1) is 12.1. The Labute approximate surface area is 174 Å². The summed E-state index contributed by atoms with van der Waals surface area (Å²) in [6.45, 7) is 3.74. The maximum absolute atomic E-state index is 13.3. The number of carbonyl (C=O) groups excluding carboxylic acids is 1. The van der Waals surface area contributed by atoms with Crippen LogP contribution in [0.2, 0.25) is 0 Å². The zero-order valence-electron chi connectivity index (χ0n) is 15.4. The largest absolute Gasteiger partial charge is 0.337 e. The minimum absolute atomic E-state index is 0. The Morgan fingerprint density at radius 1 is 1.41 bits per heavy atom. The number of rotatable bonds is 3. The lowest BCUT2D eigenvalue weighted by Gasteiger charge is -2.24. The minimum Gasteiger partial charge on any atom is -0.337 e. The zero-order chi connectivity index (χ0) is 17.6. The van der Waals surface area contributed by atoms with Crippen molar-refractivity contribution >= 4 is 53.1 Å². The number of amides is 1. The molecule has 3 aromatic heterocycles. The molecule has 1 fully saturated rings. The highest BCUT2D eigenvalue weighted by Gasteiger charge is 2.27. The van der Waals surface area contributed by atoms with Crippen molar-refractivity contribution in [1.82, 2.24) is 25.0 Å².